The molecule has 1 amide bonds. The number of amides is 1. The Kier molecular flexibility index (Phi) is 2.86. The first-order valence-corrected chi connectivity index (χ1v) is 5.24. The van der Waals surface area contributed by atoms with Crippen LogP contribution in [0.1, 0.15) is 6.92 Å². The van der Waals surface area contributed by atoms with Gasteiger partial charge in [-0.05, 0) is 25.1 Å². The molecule has 0 aliphatic heterocycles. The van der Waals surface area contributed by atoms with Crippen LogP contribution in [0.25, 0.3) is 11.1 Å². The number of fused-ring (bicyclic) bond motifs is 1. The van der Waals surface area contributed by atoms with E-state index in [2.05, 4.69) is 15.6 Å². The third kappa shape index (κ3) is 2.30. The number of carbonyl (C=O) groups is 1. The van der Waals surface area contributed by atoms with E-state index in [0.717, 1.165) is 0 Å². The van der Waals surface area contributed by atoms with Crippen molar-refractivity contribution in [3.8, 4) is 0 Å². The molecule has 4 N–H and O–H groups in total. The predicted octanol–water partition coefficient (Wildman–Crippen LogP) is 0.956. The number of nitrogens with zero attached hydrogens (tertiary/aromatic N) is 1. The molecule has 2 aromatic rings. The largest absolute Gasteiger partial charge is 0.424 e. The van der Waals surface area contributed by atoms with E-state index >= 15 is 0 Å². The fourth-order valence-corrected chi connectivity index (χ4v) is 1.47. The monoisotopic (exact) mass is 234 g/mol. The van der Waals surface area contributed by atoms with Gasteiger partial charge >= 0.3 is 0 Å². The first-order valence-electron chi connectivity index (χ1n) is 5.24. The molecular weight excluding hydrogens is 220 g/mol. The molecule has 6 nitrogen and oxygen atoms in total. The van der Waals surface area contributed by atoms with Crippen molar-refractivity contribution in [2.45, 2.75) is 13.0 Å². The van der Waals surface area contributed by atoms with Gasteiger partial charge in [0, 0.05) is 12.7 Å². The second kappa shape index (κ2) is 4.32. The van der Waals surface area contributed by atoms with E-state index in [0.29, 0.717) is 22.8 Å². The first-order chi connectivity index (χ1) is 8.10. The van der Waals surface area contributed by atoms with E-state index in [1.807, 2.05) is 0 Å². The van der Waals surface area contributed by atoms with Gasteiger partial charge in [-0.25, -0.2) is 0 Å². The van der Waals surface area contributed by atoms with Crippen LogP contribution >= 0.6 is 0 Å². The van der Waals surface area contributed by atoms with Crippen molar-refractivity contribution in [3.63, 3.8) is 0 Å². The van der Waals surface area contributed by atoms with Gasteiger partial charge in [-0.3, -0.25) is 4.79 Å². The number of likely N-dealkylation sites (N-methyl/N-ethyl adjacent to an activating group) is 1. The maximum atomic E-state index is 11.3. The Balaban J connectivity index is 2.22. The molecule has 0 saturated heterocycles. The maximum Gasteiger partial charge on any atom is 0.296 e. The third-order valence-corrected chi connectivity index (χ3v) is 2.39. The highest BCUT2D eigenvalue weighted by Gasteiger charge is 2.14. The Morgan fingerprint density at radius 1 is 1.53 bits per heavy atom. The van der Waals surface area contributed by atoms with E-state index in [-0.39, 0.29) is 5.91 Å². The number of anilines is 2. The summed E-state index contributed by atoms with van der Waals surface area (Å²) in [5.41, 5.74) is 7.55. The second-order valence-electron chi connectivity index (χ2n) is 3.73. The van der Waals surface area contributed by atoms with Gasteiger partial charge in [-0.1, -0.05) is 0 Å². The molecule has 1 aromatic carbocycles. The number of oxazole rings is 1. The zero-order valence-electron chi connectivity index (χ0n) is 9.65. The van der Waals surface area contributed by atoms with E-state index < -0.39 is 6.04 Å². The Hall–Kier alpha value is -2.24. The normalized spacial score (nSPS) is 12.4. The van der Waals surface area contributed by atoms with Gasteiger partial charge in [0.25, 0.3) is 6.01 Å². The van der Waals surface area contributed by atoms with Gasteiger partial charge in [0.05, 0.1) is 0 Å². The van der Waals surface area contributed by atoms with Crippen molar-refractivity contribution in [2.24, 2.45) is 0 Å². The first kappa shape index (κ1) is 11.3. The minimum atomic E-state index is -0.412. The average Bonchev–Trinajstić information content (AvgIpc) is 2.69. The van der Waals surface area contributed by atoms with Gasteiger partial charge < -0.3 is 20.8 Å². The third-order valence-electron chi connectivity index (χ3n) is 2.39. The quantitative estimate of drug-likeness (QED) is 0.688. The number of rotatable bonds is 3. The molecule has 17 heavy (non-hydrogen) atoms. The lowest BCUT2D eigenvalue weighted by Crippen LogP contribution is -2.35. The van der Waals surface area contributed by atoms with E-state index in [1.54, 1.807) is 32.2 Å². The van der Waals surface area contributed by atoms with Crippen LogP contribution in [0, 0.1) is 0 Å². The summed E-state index contributed by atoms with van der Waals surface area (Å²) in [5.74, 6) is -0.133. The molecule has 0 aliphatic rings. The van der Waals surface area contributed by atoms with E-state index in [4.69, 9.17) is 10.2 Å². The molecule has 0 radical (unpaired) electrons. The smallest absolute Gasteiger partial charge is 0.296 e. The molecule has 6 heteroatoms. The average molecular weight is 234 g/mol. The van der Waals surface area contributed by atoms with Crippen molar-refractivity contribution >= 4 is 28.7 Å². The maximum absolute atomic E-state index is 11.3. The molecule has 90 valence electrons. The fourth-order valence-electron chi connectivity index (χ4n) is 1.47. The molecule has 0 bridgehead atoms. The summed E-state index contributed by atoms with van der Waals surface area (Å²) in [4.78, 5) is 15.5. The number of nitrogens with one attached hydrogen (secondary N) is 2. The summed E-state index contributed by atoms with van der Waals surface area (Å²) in [6.45, 7) is 1.72. The summed E-state index contributed by atoms with van der Waals surface area (Å²) in [6, 6.07) is 5.09. The highest BCUT2D eigenvalue weighted by atomic mass is 16.4. The zero-order chi connectivity index (χ0) is 12.4. The summed E-state index contributed by atoms with van der Waals surface area (Å²) in [6.07, 6.45) is 0. The molecular formula is C11H14N4O2. The van der Waals surface area contributed by atoms with E-state index in [9.17, 15) is 4.79 Å². The lowest BCUT2D eigenvalue weighted by molar-refractivity contribution is -0.121. The molecule has 1 heterocycles. The van der Waals surface area contributed by atoms with Crippen LogP contribution in [0.15, 0.2) is 22.6 Å². The lowest BCUT2D eigenvalue weighted by Gasteiger charge is -2.09. The fraction of sp³-hybridized carbons (Fsp3) is 0.273. The number of nitrogens with two attached hydrogens (primary N) is 1. The van der Waals surface area contributed by atoms with Gasteiger partial charge in [0.15, 0.2) is 5.58 Å². The minimum Gasteiger partial charge on any atom is -0.424 e. The lowest BCUT2D eigenvalue weighted by atomic mass is 10.3. The molecule has 0 spiro atoms. The number of hydrogen-bond acceptors (Lipinski definition) is 5. The molecule has 0 saturated carbocycles. The summed E-state index contributed by atoms with van der Waals surface area (Å²) >= 11 is 0. The minimum absolute atomic E-state index is 0.133. The van der Waals surface area contributed by atoms with Crippen molar-refractivity contribution in [1.29, 1.82) is 0 Å². The van der Waals surface area contributed by atoms with Gasteiger partial charge in [-0.2, -0.15) is 4.98 Å². The SMILES string of the molecule is CNC(=O)C(C)Nc1nc2cc(N)ccc2o1. The number of benzene rings is 1. The summed E-state index contributed by atoms with van der Waals surface area (Å²) in [7, 11) is 1.58. The molecule has 0 fully saturated rings. The van der Waals surface area contributed by atoms with Crippen LogP contribution in [0.2, 0.25) is 0 Å². The molecule has 1 atom stereocenters. The van der Waals surface area contributed by atoms with Crippen molar-refractivity contribution in [3.05, 3.63) is 18.2 Å². The summed E-state index contributed by atoms with van der Waals surface area (Å²) < 4.78 is 5.43. The topological polar surface area (TPSA) is 93.2 Å². The van der Waals surface area contributed by atoms with Crippen molar-refractivity contribution < 1.29 is 9.21 Å². The Morgan fingerprint density at radius 3 is 3.00 bits per heavy atom. The van der Waals surface area contributed by atoms with Crippen LogP contribution in [0.3, 0.4) is 0 Å². The molecule has 2 rings (SSSR count). The zero-order valence-corrected chi connectivity index (χ0v) is 9.65. The predicted molar refractivity (Wildman–Crippen MR) is 65.6 cm³/mol. The molecule has 1 unspecified atom stereocenters. The molecule has 0 aliphatic carbocycles. The highest BCUT2D eigenvalue weighted by molar-refractivity contribution is 5.84. The number of carbonyl (C=O) groups excluding carboxylic acids is 1. The highest BCUT2D eigenvalue weighted by Crippen LogP contribution is 2.21. The van der Waals surface area contributed by atoms with Crippen LogP contribution < -0.4 is 16.4 Å². The standard InChI is InChI=1S/C11H14N4O2/c1-6(10(16)13-2)14-11-15-8-5-7(12)3-4-9(8)17-11/h3-6H,12H2,1-2H3,(H,13,16)(H,14,15). The Labute approximate surface area is 98.2 Å². The Morgan fingerprint density at radius 2 is 2.29 bits per heavy atom. The number of hydrogen-bond donors (Lipinski definition) is 3. The van der Waals surface area contributed by atoms with Crippen LogP contribution in [0.4, 0.5) is 11.7 Å². The van der Waals surface area contributed by atoms with Crippen molar-refractivity contribution in [2.75, 3.05) is 18.1 Å². The van der Waals surface area contributed by atoms with Crippen LogP contribution in [0.5, 0.6) is 0 Å². The second-order valence-corrected chi connectivity index (χ2v) is 3.73. The van der Waals surface area contributed by atoms with Crippen LogP contribution in [-0.4, -0.2) is 24.0 Å². The summed E-state index contributed by atoms with van der Waals surface area (Å²) in [5, 5.41) is 5.41. The van der Waals surface area contributed by atoms with Crippen LogP contribution in [-0.2, 0) is 4.79 Å². The van der Waals surface area contributed by atoms with Crippen molar-refractivity contribution in [1.82, 2.24) is 10.3 Å². The van der Waals surface area contributed by atoms with Gasteiger partial charge in [0.1, 0.15) is 11.6 Å². The van der Waals surface area contributed by atoms with E-state index in [1.165, 1.54) is 0 Å². The molecule has 1 aromatic heterocycles. The van der Waals surface area contributed by atoms with Gasteiger partial charge in [-0.15, -0.1) is 0 Å². The Bertz CT molecular complexity index is 549. The number of nitrogen functional groups attached to an aromatic ring is 1. The van der Waals surface area contributed by atoms with Gasteiger partial charge in [0.2, 0.25) is 5.91 Å². The number of aromatic nitrogens is 1.